The van der Waals surface area contributed by atoms with E-state index in [0.717, 1.165) is 12.1 Å². The van der Waals surface area contributed by atoms with Crippen molar-refractivity contribution in [1.82, 2.24) is 35.1 Å². The topological polar surface area (TPSA) is 96.4 Å². The average Bonchev–Trinajstić information content (AvgIpc) is 3.18. The molecular weight excluding hydrogens is 440 g/mol. The highest BCUT2D eigenvalue weighted by atomic mass is 35.5. The van der Waals surface area contributed by atoms with Crippen LogP contribution >= 0.6 is 35.1 Å². The number of rotatable bonds is 8. The van der Waals surface area contributed by atoms with Gasteiger partial charge in [-0.05, 0) is 48.4 Å². The molecule has 3 rings (SSSR count). The Balaban J connectivity index is 2.04. The molecule has 2 aromatic heterocycles. The average molecular weight is 457 g/mol. The molecule has 0 aliphatic heterocycles. The molecule has 2 heterocycles. The molecule has 8 nitrogen and oxygen atoms in total. The van der Waals surface area contributed by atoms with Crippen molar-refractivity contribution >= 4 is 35.1 Å². The standard InChI is InChI=1S/C19H17ClN8S2/c1-4-11-29-18-22-16(13-5-7-14(20)8-6-13)15(12-21)17(23-18)30-19-24-25-26-28(19)10-9-27(2)3/h1,5-8H,9-11H2,2-3H3. The summed E-state index contributed by atoms with van der Waals surface area (Å²) in [6.45, 7) is 1.38. The van der Waals surface area contributed by atoms with Crippen molar-refractivity contribution < 1.29 is 0 Å². The van der Waals surface area contributed by atoms with Crippen LogP contribution in [0.3, 0.4) is 0 Å². The first-order valence-electron chi connectivity index (χ1n) is 8.75. The van der Waals surface area contributed by atoms with Gasteiger partial charge in [-0.15, -0.1) is 11.5 Å². The van der Waals surface area contributed by atoms with Crippen molar-refractivity contribution in [3.05, 3.63) is 34.9 Å². The molecule has 152 valence electrons. The van der Waals surface area contributed by atoms with Crippen molar-refractivity contribution in [3.63, 3.8) is 0 Å². The van der Waals surface area contributed by atoms with Gasteiger partial charge in [0.2, 0.25) is 5.16 Å². The molecule has 0 saturated carbocycles. The molecule has 0 amide bonds. The summed E-state index contributed by atoms with van der Waals surface area (Å²) in [5.41, 5.74) is 1.61. The van der Waals surface area contributed by atoms with Crippen LogP contribution in [0.25, 0.3) is 11.3 Å². The molecule has 0 atom stereocenters. The Morgan fingerprint density at radius 3 is 2.67 bits per heavy atom. The molecule has 0 N–H and O–H groups in total. The molecule has 0 spiro atoms. The van der Waals surface area contributed by atoms with E-state index in [4.69, 9.17) is 18.0 Å². The van der Waals surface area contributed by atoms with Crippen molar-refractivity contribution in [1.29, 1.82) is 5.26 Å². The summed E-state index contributed by atoms with van der Waals surface area (Å²) in [4.78, 5) is 11.1. The van der Waals surface area contributed by atoms with Gasteiger partial charge < -0.3 is 4.90 Å². The maximum Gasteiger partial charge on any atom is 0.215 e. The Kier molecular flexibility index (Phi) is 7.66. The summed E-state index contributed by atoms with van der Waals surface area (Å²) in [7, 11) is 3.95. The minimum absolute atomic E-state index is 0.342. The quantitative estimate of drug-likeness (QED) is 0.219. The lowest BCUT2D eigenvalue weighted by atomic mass is 10.1. The molecule has 30 heavy (non-hydrogen) atoms. The van der Waals surface area contributed by atoms with E-state index in [9.17, 15) is 5.26 Å². The molecule has 0 aliphatic rings. The van der Waals surface area contributed by atoms with E-state index in [0.29, 0.717) is 43.9 Å². The van der Waals surface area contributed by atoms with Gasteiger partial charge in [-0.25, -0.2) is 14.6 Å². The first-order chi connectivity index (χ1) is 14.5. The van der Waals surface area contributed by atoms with Crippen molar-refractivity contribution in [3.8, 4) is 29.7 Å². The maximum atomic E-state index is 9.88. The van der Waals surface area contributed by atoms with E-state index in [1.165, 1.54) is 23.5 Å². The van der Waals surface area contributed by atoms with Crippen LogP contribution in [-0.2, 0) is 6.54 Å². The zero-order valence-corrected chi connectivity index (χ0v) is 18.7. The third kappa shape index (κ3) is 5.49. The second-order valence-electron chi connectivity index (χ2n) is 6.24. The molecule has 0 radical (unpaired) electrons. The van der Waals surface area contributed by atoms with Gasteiger partial charge in [0, 0.05) is 17.1 Å². The number of likely N-dealkylation sites (N-methyl/N-ethyl adjacent to an activating group) is 1. The SMILES string of the molecule is C#CCSc1nc(Sc2nnnn2CCN(C)C)c(C#N)c(-c2ccc(Cl)cc2)n1. The van der Waals surface area contributed by atoms with Crippen molar-refractivity contribution in [2.45, 2.75) is 21.9 Å². The van der Waals surface area contributed by atoms with Crippen LogP contribution < -0.4 is 0 Å². The molecule has 0 fully saturated rings. The molecule has 0 bridgehead atoms. The van der Waals surface area contributed by atoms with Gasteiger partial charge in [0.25, 0.3) is 0 Å². The Hall–Kier alpha value is -2.63. The predicted octanol–water partition coefficient (Wildman–Crippen LogP) is 3.09. The largest absolute Gasteiger partial charge is 0.308 e. The molecule has 0 aliphatic carbocycles. The lowest BCUT2D eigenvalue weighted by Gasteiger charge is -2.12. The molecule has 0 unspecified atom stereocenters. The van der Waals surface area contributed by atoms with Crippen LogP contribution in [-0.4, -0.2) is 61.5 Å². The summed E-state index contributed by atoms with van der Waals surface area (Å²) in [6.07, 6.45) is 5.39. The Morgan fingerprint density at radius 1 is 1.23 bits per heavy atom. The fourth-order valence-electron chi connectivity index (χ4n) is 2.37. The number of hydrogen-bond donors (Lipinski definition) is 0. The number of aromatic nitrogens is 6. The highest BCUT2D eigenvalue weighted by molar-refractivity contribution is 7.99. The number of thioether (sulfide) groups is 1. The molecule has 11 heteroatoms. The summed E-state index contributed by atoms with van der Waals surface area (Å²) in [6, 6.07) is 9.37. The van der Waals surface area contributed by atoms with Crippen LogP contribution in [0.5, 0.6) is 0 Å². The van der Waals surface area contributed by atoms with Gasteiger partial charge in [-0.3, -0.25) is 0 Å². The number of nitrogens with zero attached hydrogens (tertiary/aromatic N) is 8. The highest BCUT2D eigenvalue weighted by Gasteiger charge is 2.20. The number of nitriles is 1. The number of benzene rings is 1. The van der Waals surface area contributed by atoms with E-state index in [1.807, 2.05) is 31.1 Å². The fourth-order valence-corrected chi connectivity index (χ4v) is 3.94. The number of hydrogen-bond acceptors (Lipinski definition) is 9. The van der Waals surface area contributed by atoms with Crippen LogP contribution in [0.15, 0.2) is 39.6 Å². The Bertz CT molecular complexity index is 1100. The van der Waals surface area contributed by atoms with Gasteiger partial charge in [0.15, 0.2) is 5.16 Å². The highest BCUT2D eigenvalue weighted by Crippen LogP contribution is 2.34. The molecular formula is C19H17ClN8S2. The minimum Gasteiger partial charge on any atom is -0.308 e. The van der Waals surface area contributed by atoms with E-state index in [2.05, 4.69) is 37.5 Å². The van der Waals surface area contributed by atoms with Crippen molar-refractivity contribution in [2.75, 3.05) is 26.4 Å². The van der Waals surface area contributed by atoms with Gasteiger partial charge in [0.05, 0.1) is 18.0 Å². The van der Waals surface area contributed by atoms with Gasteiger partial charge in [-0.2, -0.15) is 5.26 Å². The molecule has 0 saturated heterocycles. The summed E-state index contributed by atoms with van der Waals surface area (Å²) in [5, 5.41) is 23.9. The summed E-state index contributed by atoms with van der Waals surface area (Å²) in [5.74, 6) is 2.98. The first kappa shape index (κ1) is 22.1. The van der Waals surface area contributed by atoms with E-state index in [1.54, 1.807) is 16.8 Å². The Morgan fingerprint density at radius 2 is 2.00 bits per heavy atom. The predicted molar refractivity (Wildman–Crippen MR) is 117 cm³/mol. The zero-order chi connectivity index (χ0) is 21.5. The number of tetrazole rings is 1. The lowest BCUT2D eigenvalue weighted by molar-refractivity contribution is 0.361. The van der Waals surface area contributed by atoms with Gasteiger partial charge >= 0.3 is 0 Å². The second-order valence-corrected chi connectivity index (χ2v) is 8.57. The minimum atomic E-state index is 0.342. The third-order valence-corrected chi connectivity index (χ3v) is 5.78. The van der Waals surface area contributed by atoms with Crippen LogP contribution in [0.1, 0.15) is 5.56 Å². The summed E-state index contributed by atoms with van der Waals surface area (Å²) >= 11 is 8.56. The van der Waals surface area contributed by atoms with E-state index >= 15 is 0 Å². The molecule has 3 aromatic rings. The third-order valence-electron chi connectivity index (χ3n) is 3.82. The number of terminal acetylenes is 1. The Labute approximate surface area is 188 Å². The maximum absolute atomic E-state index is 9.88. The van der Waals surface area contributed by atoms with Crippen LogP contribution in [0.4, 0.5) is 0 Å². The van der Waals surface area contributed by atoms with Crippen LogP contribution in [0.2, 0.25) is 5.02 Å². The summed E-state index contributed by atoms with van der Waals surface area (Å²) < 4.78 is 1.68. The normalized spacial score (nSPS) is 10.7. The molecule has 1 aromatic carbocycles. The van der Waals surface area contributed by atoms with E-state index < -0.39 is 0 Å². The van der Waals surface area contributed by atoms with E-state index in [-0.39, 0.29) is 0 Å². The van der Waals surface area contributed by atoms with Gasteiger partial charge in [-0.1, -0.05) is 41.4 Å². The van der Waals surface area contributed by atoms with Crippen LogP contribution in [0, 0.1) is 23.7 Å². The fraction of sp³-hybridized carbons (Fsp3) is 0.263. The first-order valence-corrected chi connectivity index (χ1v) is 10.9. The second kappa shape index (κ2) is 10.4. The smallest absolute Gasteiger partial charge is 0.215 e. The lowest BCUT2D eigenvalue weighted by Crippen LogP contribution is -2.19. The van der Waals surface area contributed by atoms with Crippen molar-refractivity contribution in [2.24, 2.45) is 0 Å². The monoisotopic (exact) mass is 456 g/mol. The zero-order valence-electron chi connectivity index (χ0n) is 16.3. The number of halogens is 1. The van der Waals surface area contributed by atoms with Gasteiger partial charge in [0.1, 0.15) is 16.7 Å².